The van der Waals surface area contributed by atoms with Crippen LogP contribution in [0.25, 0.3) is 0 Å². The second-order valence-electron chi connectivity index (χ2n) is 5.66. The first-order valence-corrected chi connectivity index (χ1v) is 10.3. The van der Waals surface area contributed by atoms with Gasteiger partial charge in [-0.3, -0.25) is 4.79 Å². The second kappa shape index (κ2) is 10.6. The van der Waals surface area contributed by atoms with E-state index in [-0.39, 0.29) is 17.3 Å². The van der Waals surface area contributed by atoms with Crippen molar-refractivity contribution < 1.29 is 22.7 Å². The molecule has 0 aliphatic rings. The molecule has 2 aromatic carbocycles. The molecule has 7 nitrogen and oxygen atoms in total. The van der Waals surface area contributed by atoms with Crippen LogP contribution in [0.2, 0.25) is 0 Å². The van der Waals surface area contributed by atoms with Gasteiger partial charge in [-0.25, -0.2) is 13.1 Å². The molecule has 0 fully saturated rings. The van der Waals surface area contributed by atoms with E-state index in [4.69, 9.17) is 9.47 Å². The van der Waals surface area contributed by atoms with Crippen LogP contribution in [0.1, 0.15) is 17.3 Å². The van der Waals surface area contributed by atoms with Crippen LogP contribution in [0.3, 0.4) is 0 Å². The van der Waals surface area contributed by atoms with Gasteiger partial charge in [-0.2, -0.15) is 0 Å². The molecule has 2 rings (SSSR count). The van der Waals surface area contributed by atoms with Gasteiger partial charge in [0.2, 0.25) is 10.0 Å². The molecule has 0 bridgehead atoms. The lowest BCUT2D eigenvalue weighted by Gasteiger charge is -2.12. The molecular formula is C20H24N2O5S. The number of nitrogens with one attached hydrogen (secondary N) is 2. The van der Waals surface area contributed by atoms with Crippen molar-refractivity contribution in [2.45, 2.75) is 11.8 Å². The zero-order valence-electron chi connectivity index (χ0n) is 15.7. The molecule has 0 unspecified atom stereocenters. The molecule has 1 amide bonds. The van der Waals surface area contributed by atoms with E-state index in [9.17, 15) is 13.2 Å². The van der Waals surface area contributed by atoms with Crippen molar-refractivity contribution in [3.05, 3.63) is 66.7 Å². The highest BCUT2D eigenvalue weighted by molar-refractivity contribution is 7.89. The van der Waals surface area contributed by atoms with Crippen molar-refractivity contribution in [3.63, 3.8) is 0 Å². The first-order valence-electron chi connectivity index (χ1n) is 8.79. The topological polar surface area (TPSA) is 93.7 Å². The maximum absolute atomic E-state index is 12.6. The molecule has 28 heavy (non-hydrogen) atoms. The number of para-hydroxylation sites is 1. The van der Waals surface area contributed by atoms with Gasteiger partial charge in [-0.1, -0.05) is 18.2 Å². The van der Waals surface area contributed by atoms with E-state index in [1.807, 2.05) is 6.92 Å². The van der Waals surface area contributed by atoms with Crippen LogP contribution in [-0.2, 0) is 14.8 Å². The smallest absolute Gasteiger partial charge is 0.259 e. The third-order valence-corrected chi connectivity index (χ3v) is 5.10. The van der Waals surface area contributed by atoms with Crippen molar-refractivity contribution in [1.82, 2.24) is 4.72 Å². The van der Waals surface area contributed by atoms with Crippen LogP contribution in [0.5, 0.6) is 5.75 Å². The summed E-state index contributed by atoms with van der Waals surface area (Å²) in [6, 6.07) is 12.8. The zero-order chi connectivity index (χ0) is 20.4. The summed E-state index contributed by atoms with van der Waals surface area (Å²) >= 11 is 0. The van der Waals surface area contributed by atoms with Gasteiger partial charge in [-0.15, -0.1) is 6.58 Å². The molecule has 2 N–H and O–H groups in total. The number of carbonyl (C=O) groups is 1. The molecule has 8 heteroatoms. The minimum Gasteiger partial charge on any atom is -0.490 e. The molecular weight excluding hydrogens is 380 g/mol. The average molecular weight is 404 g/mol. The molecule has 0 heterocycles. The lowest BCUT2D eigenvalue weighted by molar-refractivity contribution is 0.0998. The average Bonchev–Trinajstić information content (AvgIpc) is 2.70. The van der Waals surface area contributed by atoms with E-state index < -0.39 is 10.0 Å². The van der Waals surface area contributed by atoms with E-state index >= 15 is 0 Å². The standard InChI is InChI=1S/C20H24N2O5S/c1-3-13-21-28(24,25)17-11-9-16(10-12-17)22-20(23)18-7-5-6-8-19(18)27-15-14-26-4-2/h3,5-12,21H,1,4,13-15H2,2H3,(H,22,23). The number of anilines is 1. The highest BCUT2D eigenvalue weighted by Crippen LogP contribution is 2.20. The summed E-state index contributed by atoms with van der Waals surface area (Å²) in [6.45, 7) is 6.88. The van der Waals surface area contributed by atoms with Crippen LogP contribution in [0, 0.1) is 0 Å². The summed E-state index contributed by atoms with van der Waals surface area (Å²) in [5.41, 5.74) is 0.847. The van der Waals surface area contributed by atoms with Gasteiger partial charge in [0.15, 0.2) is 0 Å². The maximum Gasteiger partial charge on any atom is 0.259 e. The Morgan fingerprint density at radius 1 is 1.11 bits per heavy atom. The monoisotopic (exact) mass is 404 g/mol. The van der Waals surface area contributed by atoms with Crippen molar-refractivity contribution >= 4 is 21.6 Å². The number of benzene rings is 2. The van der Waals surface area contributed by atoms with E-state index in [2.05, 4.69) is 16.6 Å². The van der Waals surface area contributed by atoms with Crippen molar-refractivity contribution in [2.75, 3.05) is 31.7 Å². The molecule has 0 spiro atoms. The molecule has 0 atom stereocenters. The minimum absolute atomic E-state index is 0.104. The molecule has 2 aromatic rings. The first kappa shape index (κ1) is 21.6. The van der Waals surface area contributed by atoms with E-state index in [0.29, 0.717) is 36.8 Å². The van der Waals surface area contributed by atoms with E-state index in [1.165, 1.54) is 30.3 Å². The molecule has 0 aromatic heterocycles. The Morgan fingerprint density at radius 2 is 1.82 bits per heavy atom. The number of amides is 1. The molecule has 0 radical (unpaired) electrons. The number of sulfonamides is 1. The summed E-state index contributed by atoms with van der Waals surface area (Å²) in [5.74, 6) is 0.0972. The van der Waals surface area contributed by atoms with E-state index in [0.717, 1.165) is 0 Å². The van der Waals surface area contributed by atoms with Gasteiger partial charge in [-0.05, 0) is 43.3 Å². The van der Waals surface area contributed by atoms with Gasteiger partial charge in [0, 0.05) is 18.8 Å². The molecule has 0 saturated heterocycles. The molecule has 0 aliphatic heterocycles. The second-order valence-corrected chi connectivity index (χ2v) is 7.43. The Bertz CT molecular complexity index is 895. The van der Waals surface area contributed by atoms with Crippen LogP contribution < -0.4 is 14.8 Å². The Kier molecular flexibility index (Phi) is 8.19. The predicted molar refractivity (Wildman–Crippen MR) is 108 cm³/mol. The number of ether oxygens (including phenoxy) is 2. The SMILES string of the molecule is C=CCNS(=O)(=O)c1ccc(NC(=O)c2ccccc2OCCOCC)cc1. The van der Waals surface area contributed by atoms with Crippen LogP contribution in [-0.4, -0.2) is 40.7 Å². The number of carbonyl (C=O) groups excluding carboxylic acids is 1. The summed E-state index contributed by atoms with van der Waals surface area (Å²) in [6.07, 6.45) is 1.46. The first-order chi connectivity index (χ1) is 13.5. The highest BCUT2D eigenvalue weighted by atomic mass is 32.2. The fourth-order valence-electron chi connectivity index (χ4n) is 2.30. The third-order valence-electron chi connectivity index (χ3n) is 3.66. The van der Waals surface area contributed by atoms with Crippen molar-refractivity contribution in [2.24, 2.45) is 0 Å². The number of hydrogen-bond donors (Lipinski definition) is 2. The number of hydrogen-bond acceptors (Lipinski definition) is 5. The Hall–Kier alpha value is -2.68. The van der Waals surface area contributed by atoms with Crippen molar-refractivity contribution in [3.8, 4) is 5.75 Å². The van der Waals surface area contributed by atoms with Gasteiger partial charge < -0.3 is 14.8 Å². The fourth-order valence-corrected chi connectivity index (χ4v) is 3.30. The summed E-state index contributed by atoms with van der Waals surface area (Å²) < 4.78 is 37.4. The van der Waals surface area contributed by atoms with Gasteiger partial charge in [0.05, 0.1) is 17.1 Å². The van der Waals surface area contributed by atoms with Gasteiger partial charge >= 0.3 is 0 Å². The zero-order valence-corrected chi connectivity index (χ0v) is 16.5. The van der Waals surface area contributed by atoms with Gasteiger partial charge in [0.25, 0.3) is 5.91 Å². The van der Waals surface area contributed by atoms with Gasteiger partial charge in [0.1, 0.15) is 12.4 Å². The molecule has 0 saturated carbocycles. The summed E-state index contributed by atoms with van der Waals surface area (Å²) in [5, 5.41) is 2.74. The number of rotatable bonds is 11. The summed E-state index contributed by atoms with van der Waals surface area (Å²) in [4.78, 5) is 12.7. The Labute approximate surface area is 165 Å². The molecule has 0 aliphatic carbocycles. The van der Waals surface area contributed by atoms with Crippen LogP contribution in [0.15, 0.2) is 66.1 Å². The van der Waals surface area contributed by atoms with E-state index in [1.54, 1.807) is 24.3 Å². The van der Waals surface area contributed by atoms with Crippen LogP contribution >= 0.6 is 0 Å². The molecule has 150 valence electrons. The summed E-state index contributed by atoms with van der Waals surface area (Å²) in [7, 11) is -3.61. The largest absolute Gasteiger partial charge is 0.490 e. The lowest BCUT2D eigenvalue weighted by Crippen LogP contribution is -2.23. The quantitative estimate of drug-likeness (QED) is 0.444. The van der Waals surface area contributed by atoms with Crippen LogP contribution in [0.4, 0.5) is 5.69 Å². The van der Waals surface area contributed by atoms with Crippen molar-refractivity contribution in [1.29, 1.82) is 0 Å². The fraction of sp³-hybridized carbons (Fsp3) is 0.250. The Balaban J connectivity index is 2.06. The third kappa shape index (κ3) is 6.19. The minimum atomic E-state index is -3.61. The predicted octanol–water partition coefficient (Wildman–Crippen LogP) is 2.82. The maximum atomic E-state index is 12.6. The highest BCUT2D eigenvalue weighted by Gasteiger charge is 2.15. The Morgan fingerprint density at radius 3 is 2.50 bits per heavy atom. The normalized spacial score (nSPS) is 11.0. The lowest BCUT2D eigenvalue weighted by atomic mass is 10.2.